The number of carbonyl (C=O) groups is 2. The highest BCUT2D eigenvalue weighted by molar-refractivity contribution is 6.02. The fourth-order valence-corrected chi connectivity index (χ4v) is 3.40. The summed E-state index contributed by atoms with van der Waals surface area (Å²) in [7, 11) is 2.92. The number of phenols is 1. The van der Waals surface area contributed by atoms with Crippen molar-refractivity contribution >= 4 is 11.8 Å². The highest BCUT2D eigenvalue weighted by atomic mass is 16.6. The monoisotopic (exact) mass is 356 g/mol. The maximum atomic E-state index is 12.7. The second-order valence-electron chi connectivity index (χ2n) is 6.26. The number of ketones is 1. The van der Waals surface area contributed by atoms with E-state index in [1.807, 2.05) is 13.0 Å². The number of aromatic hydroxyl groups is 1. The number of carbonyl (C=O) groups excluding carboxylic acids is 2. The van der Waals surface area contributed by atoms with E-state index < -0.39 is 12.1 Å². The summed E-state index contributed by atoms with van der Waals surface area (Å²) in [5.41, 5.74) is 2.65. The molecule has 0 fully saturated rings. The zero-order chi connectivity index (χ0) is 19.0. The van der Waals surface area contributed by atoms with Crippen LogP contribution in [0.5, 0.6) is 17.2 Å². The van der Waals surface area contributed by atoms with E-state index >= 15 is 0 Å². The standard InChI is InChI=1S/C20H20O6/c1-10-7-11(2)17(13(21)8-10)14(22)9-16-12-5-6-15(24-3)19(25-4)18(12)20(23)26-16/h5-8,16,21H,9H2,1-4H3/t16-/m1/s1. The summed E-state index contributed by atoms with van der Waals surface area (Å²) in [5, 5.41) is 10.1. The number of esters is 1. The third kappa shape index (κ3) is 2.87. The summed E-state index contributed by atoms with van der Waals surface area (Å²) in [4.78, 5) is 25.0. The normalized spacial score (nSPS) is 15.4. The number of Topliss-reactive ketones (excluding diaryl/α,β-unsaturated/α-hetero) is 1. The fourth-order valence-electron chi connectivity index (χ4n) is 3.40. The molecule has 1 heterocycles. The third-order valence-corrected chi connectivity index (χ3v) is 4.49. The van der Waals surface area contributed by atoms with Gasteiger partial charge < -0.3 is 19.3 Å². The molecule has 1 atom stereocenters. The first-order valence-corrected chi connectivity index (χ1v) is 8.16. The van der Waals surface area contributed by atoms with E-state index in [9.17, 15) is 14.7 Å². The molecule has 1 N–H and O–H groups in total. The number of methoxy groups -OCH3 is 2. The van der Waals surface area contributed by atoms with Gasteiger partial charge in [0.1, 0.15) is 17.4 Å². The van der Waals surface area contributed by atoms with E-state index in [2.05, 4.69) is 0 Å². The highest BCUT2D eigenvalue weighted by Crippen LogP contribution is 2.43. The van der Waals surface area contributed by atoms with Crippen LogP contribution in [0.3, 0.4) is 0 Å². The van der Waals surface area contributed by atoms with E-state index in [1.54, 1.807) is 25.1 Å². The van der Waals surface area contributed by atoms with Crippen molar-refractivity contribution < 1.29 is 28.9 Å². The molecule has 0 aromatic heterocycles. The van der Waals surface area contributed by atoms with Gasteiger partial charge in [-0.25, -0.2) is 4.79 Å². The van der Waals surface area contributed by atoms with Crippen LogP contribution >= 0.6 is 0 Å². The van der Waals surface area contributed by atoms with Crippen LogP contribution in [-0.2, 0) is 4.74 Å². The number of cyclic esters (lactones) is 1. The quantitative estimate of drug-likeness (QED) is 0.652. The van der Waals surface area contributed by atoms with Crippen LogP contribution in [0.15, 0.2) is 24.3 Å². The lowest BCUT2D eigenvalue weighted by Gasteiger charge is -2.14. The zero-order valence-electron chi connectivity index (χ0n) is 15.1. The summed E-state index contributed by atoms with van der Waals surface area (Å²) in [6.07, 6.45) is -0.795. The Kier molecular flexibility index (Phi) is 4.59. The third-order valence-electron chi connectivity index (χ3n) is 4.49. The van der Waals surface area contributed by atoms with Crippen LogP contribution in [0.2, 0.25) is 0 Å². The number of ether oxygens (including phenoxy) is 3. The van der Waals surface area contributed by atoms with Gasteiger partial charge in [0.2, 0.25) is 0 Å². The first kappa shape index (κ1) is 17.8. The van der Waals surface area contributed by atoms with Crippen LogP contribution in [0.25, 0.3) is 0 Å². The van der Waals surface area contributed by atoms with Gasteiger partial charge in [0, 0.05) is 5.56 Å². The molecule has 0 unspecified atom stereocenters. The molecule has 6 heteroatoms. The van der Waals surface area contributed by atoms with Crippen molar-refractivity contribution in [2.75, 3.05) is 14.2 Å². The molecular formula is C20H20O6. The molecule has 6 nitrogen and oxygen atoms in total. The molecule has 0 saturated carbocycles. The molecule has 0 bridgehead atoms. The van der Waals surface area contributed by atoms with Gasteiger partial charge in [-0.15, -0.1) is 0 Å². The molecule has 0 amide bonds. The lowest BCUT2D eigenvalue weighted by atomic mass is 9.94. The van der Waals surface area contributed by atoms with E-state index in [4.69, 9.17) is 14.2 Å². The van der Waals surface area contributed by atoms with Gasteiger partial charge >= 0.3 is 5.97 Å². The number of rotatable bonds is 5. The van der Waals surface area contributed by atoms with Gasteiger partial charge in [-0.1, -0.05) is 12.1 Å². The van der Waals surface area contributed by atoms with Crippen molar-refractivity contribution in [2.45, 2.75) is 26.4 Å². The Labute approximate surface area is 151 Å². The lowest BCUT2D eigenvalue weighted by Crippen LogP contribution is -2.09. The summed E-state index contributed by atoms with van der Waals surface area (Å²) >= 11 is 0. The average Bonchev–Trinajstić information content (AvgIpc) is 2.89. The number of fused-ring (bicyclic) bond motifs is 1. The van der Waals surface area contributed by atoms with Crippen LogP contribution < -0.4 is 9.47 Å². The van der Waals surface area contributed by atoms with Crippen molar-refractivity contribution in [3.8, 4) is 17.2 Å². The van der Waals surface area contributed by atoms with Crippen LogP contribution in [0.4, 0.5) is 0 Å². The Hall–Kier alpha value is -3.02. The summed E-state index contributed by atoms with van der Waals surface area (Å²) in [6, 6.07) is 6.74. The fraction of sp³-hybridized carbons (Fsp3) is 0.300. The van der Waals surface area contributed by atoms with Gasteiger partial charge in [-0.2, -0.15) is 0 Å². The van der Waals surface area contributed by atoms with Crippen molar-refractivity contribution in [3.63, 3.8) is 0 Å². The lowest BCUT2D eigenvalue weighted by molar-refractivity contribution is 0.0365. The van der Waals surface area contributed by atoms with E-state index in [1.165, 1.54) is 14.2 Å². The molecular weight excluding hydrogens is 336 g/mol. The predicted molar refractivity (Wildman–Crippen MR) is 94.2 cm³/mol. The Morgan fingerprint density at radius 3 is 2.54 bits per heavy atom. The minimum Gasteiger partial charge on any atom is -0.507 e. The SMILES string of the molecule is COc1ccc2c(c1OC)C(=O)O[C@@H]2CC(=O)c1c(C)cc(C)cc1O. The molecule has 1 aliphatic rings. The van der Waals surface area contributed by atoms with Gasteiger partial charge in [0.15, 0.2) is 17.3 Å². The topological polar surface area (TPSA) is 82.1 Å². The van der Waals surface area contributed by atoms with Crippen LogP contribution in [-0.4, -0.2) is 31.1 Å². The number of aryl methyl sites for hydroxylation is 2. The highest BCUT2D eigenvalue weighted by Gasteiger charge is 2.37. The largest absolute Gasteiger partial charge is 0.507 e. The first-order chi connectivity index (χ1) is 12.4. The molecule has 0 saturated heterocycles. The zero-order valence-corrected chi connectivity index (χ0v) is 15.1. The molecule has 3 rings (SSSR count). The van der Waals surface area contributed by atoms with E-state index in [0.717, 1.165) is 5.56 Å². The Morgan fingerprint density at radius 1 is 1.19 bits per heavy atom. The molecule has 0 radical (unpaired) electrons. The van der Waals surface area contributed by atoms with Crippen molar-refractivity contribution in [2.24, 2.45) is 0 Å². The molecule has 0 spiro atoms. The Balaban J connectivity index is 1.95. The average molecular weight is 356 g/mol. The number of hydrogen-bond acceptors (Lipinski definition) is 6. The van der Waals surface area contributed by atoms with Crippen molar-refractivity contribution in [1.82, 2.24) is 0 Å². The van der Waals surface area contributed by atoms with E-state index in [0.29, 0.717) is 22.6 Å². The van der Waals surface area contributed by atoms with Crippen molar-refractivity contribution in [1.29, 1.82) is 0 Å². The maximum absolute atomic E-state index is 12.7. The number of phenolic OH excluding ortho intramolecular Hbond substituents is 1. The number of benzene rings is 2. The molecule has 26 heavy (non-hydrogen) atoms. The molecule has 2 aromatic rings. The molecule has 1 aliphatic heterocycles. The summed E-state index contributed by atoms with van der Waals surface area (Å²) in [5.74, 6) is -0.204. The van der Waals surface area contributed by atoms with Gasteiger partial charge in [-0.05, 0) is 37.1 Å². The maximum Gasteiger partial charge on any atom is 0.343 e. The molecule has 2 aromatic carbocycles. The summed E-state index contributed by atoms with van der Waals surface area (Å²) in [6.45, 7) is 3.61. The molecule has 136 valence electrons. The predicted octanol–water partition coefficient (Wildman–Crippen LogP) is 3.51. The molecule has 0 aliphatic carbocycles. The van der Waals surface area contributed by atoms with Gasteiger partial charge in [0.25, 0.3) is 0 Å². The Bertz CT molecular complexity index is 876. The van der Waals surface area contributed by atoms with E-state index in [-0.39, 0.29) is 29.1 Å². The van der Waals surface area contributed by atoms with Gasteiger partial charge in [0.05, 0.1) is 26.2 Å². The van der Waals surface area contributed by atoms with Crippen LogP contribution in [0, 0.1) is 13.8 Å². The Morgan fingerprint density at radius 2 is 1.92 bits per heavy atom. The van der Waals surface area contributed by atoms with Gasteiger partial charge in [-0.3, -0.25) is 4.79 Å². The smallest absolute Gasteiger partial charge is 0.343 e. The minimum absolute atomic E-state index is 0.0638. The van der Waals surface area contributed by atoms with Crippen molar-refractivity contribution in [3.05, 3.63) is 52.1 Å². The number of hydrogen-bond donors (Lipinski definition) is 1. The second-order valence-corrected chi connectivity index (χ2v) is 6.26. The summed E-state index contributed by atoms with van der Waals surface area (Å²) < 4.78 is 15.9. The minimum atomic E-state index is -0.732. The first-order valence-electron chi connectivity index (χ1n) is 8.16. The second kappa shape index (κ2) is 6.71. The van der Waals surface area contributed by atoms with Crippen LogP contribution in [0.1, 0.15) is 49.9 Å².